The van der Waals surface area contributed by atoms with Gasteiger partial charge >= 0.3 is 0 Å². The normalized spacial score (nSPS) is 27.6. The summed E-state index contributed by atoms with van der Waals surface area (Å²) in [5.74, 6) is -0.901. The molecule has 0 aromatic rings. The van der Waals surface area contributed by atoms with E-state index in [1.165, 1.54) is 0 Å². The summed E-state index contributed by atoms with van der Waals surface area (Å²) >= 11 is 0. The third kappa shape index (κ3) is 18.4. The molecule has 2 aliphatic carbocycles. The van der Waals surface area contributed by atoms with Crippen molar-refractivity contribution >= 4 is 249 Å². The first kappa shape index (κ1) is 63.0. The quantitative estimate of drug-likeness (QED) is 0.0705. The second kappa shape index (κ2) is 30.8. The van der Waals surface area contributed by atoms with Crippen LogP contribution < -0.4 is 0 Å². The van der Waals surface area contributed by atoms with Gasteiger partial charge in [-0.25, -0.2) is 0 Å². The molecule has 1 fully saturated rings. The Morgan fingerprint density at radius 1 is 0.818 bits per heavy atom. The molecule has 0 amide bonds. The molecule has 322 valence electrons. The highest BCUT2D eigenvalue weighted by Gasteiger charge is 2.56. The summed E-state index contributed by atoms with van der Waals surface area (Å²) in [6, 6.07) is 0. The molecule has 55 heavy (non-hydrogen) atoms. The molecular weight excluding hydrogens is 1250 g/mol. The van der Waals surface area contributed by atoms with E-state index in [-0.39, 0.29) is 65.6 Å². The fourth-order valence-electron chi connectivity index (χ4n) is 6.65. The monoisotopic (exact) mass is 1310 g/mol. The van der Waals surface area contributed by atoms with Gasteiger partial charge in [0.2, 0.25) is 0 Å². The van der Waals surface area contributed by atoms with Crippen molar-refractivity contribution in [2.45, 2.75) is 65.3 Å². The number of Topliss-reactive ketones (excluding diaryl/α,β-unsaturated/α-hetero) is 1. The lowest BCUT2D eigenvalue weighted by atomic mass is 9.55. The highest BCUT2D eigenvalue weighted by molar-refractivity contribution is 9.19. The van der Waals surface area contributed by atoms with Crippen molar-refractivity contribution in [3.8, 4) is 0 Å². The summed E-state index contributed by atoms with van der Waals surface area (Å²) in [4.78, 5) is 15.3. The van der Waals surface area contributed by atoms with Crippen LogP contribution in [0.15, 0.2) is 23.3 Å². The third-order valence-electron chi connectivity index (χ3n) is 9.09. The van der Waals surface area contributed by atoms with Crippen molar-refractivity contribution in [3.05, 3.63) is 23.3 Å². The molecule has 2 aliphatic rings. The van der Waals surface area contributed by atoms with Crippen LogP contribution in [0.2, 0.25) is 0 Å². The first-order chi connectivity index (χ1) is 25.3. The predicted octanol–water partition coefficient (Wildman–Crippen LogP) is 20.1. The zero-order chi connectivity index (χ0) is 42.4. The average Bonchev–Trinajstić information content (AvgIpc) is 3.05. The minimum atomic E-state index is -0.908. The highest BCUT2D eigenvalue weighted by atomic mass is 33.2. The van der Waals surface area contributed by atoms with Crippen molar-refractivity contribution < 1.29 is 23.5 Å². The molecule has 0 radical (unpaired) electrons. The maximum Gasteiger partial charge on any atom is 0.169 e. The molecular formula is C20H62O5P30. The summed E-state index contributed by atoms with van der Waals surface area (Å²) in [7, 11) is 47.3. The van der Waals surface area contributed by atoms with Gasteiger partial charge in [0.1, 0.15) is 6.10 Å². The summed E-state index contributed by atoms with van der Waals surface area (Å²) in [6.07, 6.45) is 0.576. The van der Waals surface area contributed by atoms with E-state index in [0.29, 0.717) is 27.4 Å². The largest absolute Gasteiger partial charge is 0.392 e. The van der Waals surface area contributed by atoms with E-state index in [1.54, 1.807) is 0 Å². The van der Waals surface area contributed by atoms with Gasteiger partial charge in [-0.1, -0.05) is 49.8 Å². The van der Waals surface area contributed by atoms with E-state index >= 15 is 4.79 Å². The smallest absolute Gasteiger partial charge is 0.169 e. The van der Waals surface area contributed by atoms with Crippen LogP contribution in [0.1, 0.15) is 47.0 Å². The maximum absolute atomic E-state index is 15.3. The standard InChI is InChI=1S/C20H62O5P30/c1-10(7-6-8-23-43(46(27)28)47(29)30)15-12(3)17(21)19(25-44(48(31)32)54(42-26)50(35)36)16-11(2)14(9-13(18(15)22)20(16,4)5)24-45(53(41)49(33)34)55(51(37)38)52(39)40/h12-15,18-19,22,42H,1,6-9,26-41H2,2-5H3/t12-,13?,14-,15+,18+,19+,44?,45?,53?,54?/m0/s1. The Labute approximate surface area is 387 Å². The number of ketones is 1. The van der Waals surface area contributed by atoms with Crippen molar-refractivity contribution in [3.63, 3.8) is 0 Å². The van der Waals surface area contributed by atoms with Crippen molar-refractivity contribution in [1.29, 1.82) is 0 Å². The Bertz CT molecular complexity index is 1250. The molecule has 1 saturated carbocycles. The molecule has 0 spiro atoms. The van der Waals surface area contributed by atoms with E-state index in [2.05, 4.69) is 170 Å². The minimum Gasteiger partial charge on any atom is -0.392 e. The van der Waals surface area contributed by atoms with Crippen LogP contribution in [0, 0.1) is 23.2 Å². The van der Waals surface area contributed by atoms with Crippen molar-refractivity contribution in [2.75, 3.05) is 6.61 Å². The number of aliphatic hydroxyl groups is 1. The van der Waals surface area contributed by atoms with Crippen LogP contribution in [0.25, 0.3) is 0 Å². The number of hydrogen-bond donors (Lipinski definition) is 1. The average molecular weight is 1310 g/mol. The molecule has 2 rings (SSSR count). The zero-order valence-corrected chi connectivity index (χ0v) is 62.2. The molecule has 0 aromatic heterocycles. The second-order valence-corrected chi connectivity index (χ2v) is 120. The van der Waals surface area contributed by atoms with Gasteiger partial charge in [-0.05, 0) is 97.6 Å². The Kier molecular flexibility index (Phi) is 35.3. The van der Waals surface area contributed by atoms with E-state index in [4.69, 9.17) is 13.6 Å². The number of carbonyl (C=O) groups excluding carboxylic acids is 1. The Morgan fingerprint density at radius 3 is 1.78 bits per heavy atom. The Balaban J connectivity index is 2.81. The minimum absolute atomic E-state index is 0.0752. The number of hydrogen-bond acceptors (Lipinski definition) is 5. The first-order valence-corrected chi connectivity index (χ1v) is 68.2. The van der Waals surface area contributed by atoms with Gasteiger partial charge in [0.15, 0.2) is 5.78 Å². The molecule has 27 atom stereocenters. The van der Waals surface area contributed by atoms with Gasteiger partial charge < -0.3 is 18.7 Å². The first-order valence-electron chi connectivity index (χ1n) is 16.0. The molecule has 2 bridgehead atoms. The SMILES string of the molecule is C=C(CCCOP(P(P)P)P(P)P)[C@@H]1[C@H](C)C(=O)[C@H](OP(P(P)P)P(PP)P(P)P)C2=C(C)[C@@H](OP(P(P)P(P)P)P(P(P)P)P(P)P)CC([C@H]1O)C2(C)C. The van der Waals surface area contributed by atoms with Gasteiger partial charge in [-0.15, -0.1) is 134 Å². The molecule has 0 saturated heterocycles. The fraction of sp³-hybridized carbons (Fsp3) is 0.750. The van der Waals surface area contributed by atoms with Crippen LogP contribution in [0.4, 0.5) is 0 Å². The van der Waals surface area contributed by atoms with Gasteiger partial charge in [0.05, 0.1) is 41.4 Å². The van der Waals surface area contributed by atoms with E-state index in [0.717, 1.165) is 23.1 Å². The molecule has 35 heteroatoms. The lowest BCUT2D eigenvalue weighted by molar-refractivity contribution is -0.135. The Hall–Kier alpha value is 11.9. The molecule has 0 heterocycles. The summed E-state index contributed by atoms with van der Waals surface area (Å²) in [5, 5.41) is 12.8. The molecule has 0 aromatic carbocycles. The lowest BCUT2D eigenvalue weighted by Crippen LogP contribution is -2.55. The van der Waals surface area contributed by atoms with Gasteiger partial charge in [0, 0.05) is 32.8 Å². The van der Waals surface area contributed by atoms with Crippen LogP contribution >= 0.6 is 243 Å². The number of carbonyl (C=O) groups is 1. The van der Waals surface area contributed by atoms with Gasteiger partial charge in [-0.2, -0.15) is 0 Å². The number of fused-ring (bicyclic) bond motifs is 2. The van der Waals surface area contributed by atoms with Gasteiger partial charge in [0.25, 0.3) is 0 Å². The van der Waals surface area contributed by atoms with Crippen LogP contribution in [0.3, 0.4) is 0 Å². The summed E-state index contributed by atoms with van der Waals surface area (Å²) in [5.41, 5.74) is 2.64. The topological polar surface area (TPSA) is 65.0 Å². The second-order valence-electron chi connectivity index (χ2n) is 13.0. The Morgan fingerprint density at radius 2 is 1.35 bits per heavy atom. The van der Waals surface area contributed by atoms with Gasteiger partial charge in [-0.3, -0.25) is 4.79 Å². The van der Waals surface area contributed by atoms with E-state index in [9.17, 15) is 5.11 Å². The van der Waals surface area contributed by atoms with E-state index < -0.39 is 74.1 Å². The lowest BCUT2D eigenvalue weighted by Gasteiger charge is -2.54. The van der Waals surface area contributed by atoms with Crippen LogP contribution in [0.5, 0.6) is 0 Å². The molecule has 22 unspecified atom stereocenters. The van der Waals surface area contributed by atoms with Crippen LogP contribution in [-0.4, -0.2) is 35.8 Å². The van der Waals surface area contributed by atoms with Crippen molar-refractivity contribution in [2.24, 2.45) is 23.2 Å². The predicted molar refractivity (Wildman–Crippen MR) is 346 cm³/mol. The fourth-order valence-corrected chi connectivity index (χ4v) is 202. The zero-order valence-electron chi connectivity index (χ0n) is 31.1. The number of aliphatic hydroxyl groups excluding tert-OH is 1. The van der Waals surface area contributed by atoms with Crippen LogP contribution in [-0.2, 0) is 18.4 Å². The van der Waals surface area contributed by atoms with E-state index in [1.807, 2.05) is 6.92 Å². The van der Waals surface area contributed by atoms with Crippen molar-refractivity contribution in [1.82, 2.24) is 0 Å². The summed E-state index contributed by atoms with van der Waals surface area (Å²) in [6.45, 7) is 9.91. The molecule has 5 nitrogen and oxygen atoms in total. The summed E-state index contributed by atoms with van der Waals surface area (Å²) < 4.78 is 21.5. The third-order valence-corrected chi connectivity index (χ3v) is 150. The maximum atomic E-state index is 15.3. The number of rotatable bonds is 21. The highest BCUT2D eigenvalue weighted by Crippen LogP contribution is 3.18. The molecule has 1 N–H and O–H groups in total. The molecule has 0 aliphatic heterocycles.